The SMILES string of the molecule is CC(C)c1ccccc1NC(=O)CSC(N)=NN. The molecule has 0 unspecified atom stereocenters. The molecule has 6 heteroatoms. The Bertz CT molecular complexity index is 445. The smallest absolute Gasteiger partial charge is 0.234 e. The maximum Gasteiger partial charge on any atom is 0.234 e. The fourth-order valence-electron chi connectivity index (χ4n) is 1.48. The second kappa shape index (κ2) is 6.90. The maximum absolute atomic E-state index is 11.7. The third-order valence-corrected chi connectivity index (χ3v) is 3.14. The molecule has 0 saturated carbocycles. The molecule has 0 aromatic heterocycles. The zero-order valence-corrected chi connectivity index (χ0v) is 11.3. The Kier molecular flexibility index (Phi) is 5.51. The van der Waals surface area contributed by atoms with Crippen LogP contribution in [-0.4, -0.2) is 16.8 Å². The van der Waals surface area contributed by atoms with Crippen molar-refractivity contribution in [3.05, 3.63) is 29.8 Å². The van der Waals surface area contributed by atoms with Gasteiger partial charge in [0.25, 0.3) is 0 Å². The molecule has 98 valence electrons. The van der Waals surface area contributed by atoms with E-state index in [9.17, 15) is 4.79 Å². The molecule has 1 aromatic rings. The van der Waals surface area contributed by atoms with Gasteiger partial charge in [0.15, 0.2) is 5.17 Å². The summed E-state index contributed by atoms with van der Waals surface area (Å²) in [5.74, 6) is 5.40. The van der Waals surface area contributed by atoms with E-state index in [0.29, 0.717) is 5.92 Å². The van der Waals surface area contributed by atoms with E-state index in [1.54, 1.807) is 0 Å². The van der Waals surface area contributed by atoms with E-state index in [1.807, 2.05) is 24.3 Å². The van der Waals surface area contributed by atoms with Crippen LogP contribution in [0.25, 0.3) is 0 Å². The van der Waals surface area contributed by atoms with Crippen LogP contribution < -0.4 is 16.9 Å². The van der Waals surface area contributed by atoms with Gasteiger partial charge < -0.3 is 16.9 Å². The van der Waals surface area contributed by atoms with Crippen LogP contribution in [0.1, 0.15) is 25.3 Å². The largest absolute Gasteiger partial charge is 0.377 e. The first kappa shape index (κ1) is 14.4. The van der Waals surface area contributed by atoms with Gasteiger partial charge in [0.2, 0.25) is 5.91 Å². The number of para-hydroxylation sites is 1. The van der Waals surface area contributed by atoms with E-state index in [-0.39, 0.29) is 16.8 Å². The van der Waals surface area contributed by atoms with E-state index >= 15 is 0 Å². The number of benzene rings is 1. The molecular formula is C12H18N4OS. The Morgan fingerprint density at radius 1 is 1.44 bits per heavy atom. The van der Waals surface area contributed by atoms with Gasteiger partial charge in [0.1, 0.15) is 0 Å². The number of hydrogen-bond donors (Lipinski definition) is 3. The standard InChI is InChI=1S/C12H18N4OS/c1-8(2)9-5-3-4-6-10(9)15-11(17)7-18-12(13)16-14/h3-6,8H,7,14H2,1-2H3,(H2,13,16)(H,15,17). The lowest BCUT2D eigenvalue weighted by Gasteiger charge is -2.13. The number of anilines is 1. The van der Waals surface area contributed by atoms with Gasteiger partial charge in [-0.2, -0.15) is 5.10 Å². The molecule has 0 aliphatic carbocycles. The normalized spacial score (nSPS) is 11.6. The van der Waals surface area contributed by atoms with Crippen molar-refractivity contribution in [1.82, 2.24) is 0 Å². The molecule has 0 radical (unpaired) electrons. The Morgan fingerprint density at radius 3 is 2.72 bits per heavy atom. The lowest BCUT2D eigenvalue weighted by atomic mass is 10.0. The van der Waals surface area contributed by atoms with Crippen molar-refractivity contribution in [2.75, 3.05) is 11.1 Å². The number of nitrogens with two attached hydrogens (primary N) is 2. The van der Waals surface area contributed by atoms with Crippen molar-refractivity contribution in [3.8, 4) is 0 Å². The highest BCUT2D eigenvalue weighted by atomic mass is 32.2. The van der Waals surface area contributed by atoms with Crippen LogP contribution in [0.4, 0.5) is 5.69 Å². The summed E-state index contributed by atoms with van der Waals surface area (Å²) >= 11 is 1.11. The lowest BCUT2D eigenvalue weighted by molar-refractivity contribution is -0.113. The van der Waals surface area contributed by atoms with Gasteiger partial charge >= 0.3 is 0 Å². The van der Waals surface area contributed by atoms with E-state index in [2.05, 4.69) is 24.3 Å². The Labute approximate surface area is 111 Å². The van der Waals surface area contributed by atoms with Crippen molar-refractivity contribution in [2.24, 2.45) is 16.7 Å². The first-order valence-corrected chi connectivity index (χ1v) is 6.58. The zero-order valence-electron chi connectivity index (χ0n) is 10.5. The molecule has 1 amide bonds. The Morgan fingerprint density at radius 2 is 2.11 bits per heavy atom. The number of carbonyl (C=O) groups excluding carboxylic acids is 1. The molecule has 0 atom stereocenters. The number of hydrogen-bond acceptors (Lipinski definition) is 4. The van der Waals surface area contributed by atoms with Gasteiger partial charge in [0.05, 0.1) is 5.75 Å². The Balaban J connectivity index is 2.65. The average molecular weight is 266 g/mol. The van der Waals surface area contributed by atoms with E-state index in [0.717, 1.165) is 23.0 Å². The first-order chi connectivity index (χ1) is 8.54. The molecule has 18 heavy (non-hydrogen) atoms. The van der Waals surface area contributed by atoms with Crippen LogP contribution in [0, 0.1) is 0 Å². The van der Waals surface area contributed by atoms with E-state index in [4.69, 9.17) is 11.6 Å². The summed E-state index contributed by atoms with van der Waals surface area (Å²) in [5, 5.41) is 6.35. The van der Waals surface area contributed by atoms with Gasteiger partial charge in [-0.15, -0.1) is 0 Å². The Hall–Kier alpha value is -1.69. The molecule has 1 rings (SSSR count). The van der Waals surface area contributed by atoms with Crippen LogP contribution in [0.5, 0.6) is 0 Å². The van der Waals surface area contributed by atoms with Gasteiger partial charge in [0, 0.05) is 5.69 Å². The van der Waals surface area contributed by atoms with E-state index < -0.39 is 0 Å². The maximum atomic E-state index is 11.7. The molecule has 1 aromatic carbocycles. The van der Waals surface area contributed by atoms with Crippen molar-refractivity contribution in [1.29, 1.82) is 0 Å². The van der Waals surface area contributed by atoms with Gasteiger partial charge in [-0.05, 0) is 17.5 Å². The highest BCUT2D eigenvalue weighted by Crippen LogP contribution is 2.23. The summed E-state index contributed by atoms with van der Waals surface area (Å²) in [5.41, 5.74) is 7.34. The average Bonchev–Trinajstić information content (AvgIpc) is 2.36. The predicted octanol–water partition coefficient (Wildman–Crippen LogP) is 1.67. The summed E-state index contributed by atoms with van der Waals surface area (Å²) in [6.45, 7) is 4.16. The molecular weight excluding hydrogens is 248 g/mol. The van der Waals surface area contributed by atoms with Crippen LogP contribution in [0.15, 0.2) is 29.4 Å². The summed E-state index contributed by atoms with van der Waals surface area (Å²) in [6, 6.07) is 7.74. The molecule has 0 heterocycles. The van der Waals surface area contributed by atoms with Crippen molar-refractivity contribution < 1.29 is 4.79 Å². The molecule has 0 aliphatic heterocycles. The number of amides is 1. The number of nitrogens with zero attached hydrogens (tertiary/aromatic N) is 1. The fourth-order valence-corrected chi connectivity index (χ4v) is 1.90. The minimum absolute atomic E-state index is 0.125. The number of carbonyl (C=O) groups is 1. The summed E-state index contributed by atoms with van der Waals surface area (Å²) in [7, 11) is 0. The molecule has 0 aliphatic rings. The molecule has 0 spiro atoms. The molecule has 0 saturated heterocycles. The van der Waals surface area contributed by atoms with Crippen LogP contribution in [0.3, 0.4) is 0 Å². The lowest BCUT2D eigenvalue weighted by Crippen LogP contribution is -2.19. The second-order valence-corrected chi connectivity index (χ2v) is 5.04. The van der Waals surface area contributed by atoms with Crippen LogP contribution in [0.2, 0.25) is 0 Å². The highest BCUT2D eigenvalue weighted by molar-refractivity contribution is 8.14. The van der Waals surface area contributed by atoms with E-state index in [1.165, 1.54) is 0 Å². The highest BCUT2D eigenvalue weighted by Gasteiger charge is 2.09. The molecule has 0 fully saturated rings. The van der Waals surface area contributed by atoms with Crippen LogP contribution >= 0.6 is 11.8 Å². The minimum Gasteiger partial charge on any atom is -0.377 e. The summed E-state index contributed by atoms with van der Waals surface area (Å²) in [6.07, 6.45) is 0. The third-order valence-electron chi connectivity index (χ3n) is 2.34. The third kappa shape index (κ3) is 4.29. The topological polar surface area (TPSA) is 93.5 Å². The molecule has 5 nitrogen and oxygen atoms in total. The minimum atomic E-state index is -0.125. The van der Waals surface area contributed by atoms with Crippen molar-refractivity contribution in [2.45, 2.75) is 19.8 Å². The fraction of sp³-hybridized carbons (Fsp3) is 0.333. The quantitative estimate of drug-likeness (QED) is 0.334. The van der Waals surface area contributed by atoms with Gasteiger partial charge in [-0.25, -0.2) is 0 Å². The van der Waals surface area contributed by atoms with Gasteiger partial charge in [-0.1, -0.05) is 43.8 Å². The monoisotopic (exact) mass is 266 g/mol. The zero-order chi connectivity index (χ0) is 13.5. The predicted molar refractivity (Wildman–Crippen MR) is 77.4 cm³/mol. The number of hydrazone groups is 1. The number of nitrogens with one attached hydrogen (secondary N) is 1. The van der Waals surface area contributed by atoms with Crippen molar-refractivity contribution >= 4 is 28.5 Å². The van der Waals surface area contributed by atoms with Gasteiger partial charge in [-0.3, -0.25) is 4.79 Å². The van der Waals surface area contributed by atoms with Crippen molar-refractivity contribution in [3.63, 3.8) is 0 Å². The second-order valence-electron chi connectivity index (χ2n) is 4.05. The summed E-state index contributed by atoms with van der Waals surface area (Å²) < 4.78 is 0. The molecule has 5 N–H and O–H groups in total. The number of thioether (sulfide) groups is 1. The van der Waals surface area contributed by atoms with Crippen LogP contribution in [-0.2, 0) is 4.79 Å². The number of rotatable bonds is 4. The molecule has 0 bridgehead atoms. The number of amidine groups is 1. The first-order valence-electron chi connectivity index (χ1n) is 5.59. The summed E-state index contributed by atoms with van der Waals surface area (Å²) in [4.78, 5) is 11.7.